The standard InChI is InChI=1S/C24H26N2O3/c1-3-29-21-11-9-20(10-12-21)26-18(2)22(24(27)25-13-15-28-16-14-25)17-23(26)19-7-5-4-6-8-19/h4-12,17H,3,13-16H2,1-2H3. The van der Waals surface area contributed by atoms with Crippen LogP contribution in [-0.2, 0) is 4.74 Å². The van der Waals surface area contributed by atoms with E-state index >= 15 is 0 Å². The molecule has 5 heteroatoms. The number of morpholine rings is 1. The summed E-state index contributed by atoms with van der Waals surface area (Å²) in [5, 5.41) is 0. The molecular weight excluding hydrogens is 364 g/mol. The van der Waals surface area contributed by atoms with Crippen molar-refractivity contribution in [2.24, 2.45) is 0 Å². The van der Waals surface area contributed by atoms with Gasteiger partial charge in [0, 0.05) is 24.5 Å². The van der Waals surface area contributed by atoms with Crippen LogP contribution in [0.5, 0.6) is 5.75 Å². The largest absolute Gasteiger partial charge is 0.494 e. The van der Waals surface area contributed by atoms with E-state index in [2.05, 4.69) is 16.7 Å². The molecule has 4 rings (SSSR count). The van der Waals surface area contributed by atoms with Crippen LogP contribution in [0, 0.1) is 6.92 Å². The lowest BCUT2D eigenvalue weighted by Crippen LogP contribution is -2.40. The van der Waals surface area contributed by atoms with Gasteiger partial charge in [0.15, 0.2) is 0 Å². The molecule has 0 spiro atoms. The van der Waals surface area contributed by atoms with Gasteiger partial charge >= 0.3 is 0 Å². The van der Waals surface area contributed by atoms with Gasteiger partial charge in [-0.3, -0.25) is 4.79 Å². The van der Waals surface area contributed by atoms with Gasteiger partial charge in [-0.05, 0) is 49.7 Å². The maximum Gasteiger partial charge on any atom is 0.255 e. The van der Waals surface area contributed by atoms with Gasteiger partial charge in [-0.15, -0.1) is 0 Å². The van der Waals surface area contributed by atoms with Crippen molar-refractivity contribution in [3.63, 3.8) is 0 Å². The van der Waals surface area contributed by atoms with E-state index in [1.807, 2.05) is 67.3 Å². The van der Waals surface area contributed by atoms with Gasteiger partial charge < -0.3 is 18.9 Å². The summed E-state index contributed by atoms with van der Waals surface area (Å²) in [6.07, 6.45) is 0. The van der Waals surface area contributed by atoms with Gasteiger partial charge in [0.1, 0.15) is 5.75 Å². The SMILES string of the molecule is CCOc1ccc(-n2c(-c3ccccc3)cc(C(=O)N3CCOCC3)c2C)cc1. The number of carbonyl (C=O) groups is 1. The Morgan fingerprint density at radius 1 is 1.03 bits per heavy atom. The minimum Gasteiger partial charge on any atom is -0.494 e. The van der Waals surface area contributed by atoms with E-state index in [0.29, 0.717) is 32.9 Å². The zero-order valence-corrected chi connectivity index (χ0v) is 16.9. The monoisotopic (exact) mass is 390 g/mol. The summed E-state index contributed by atoms with van der Waals surface area (Å²) in [6, 6.07) is 20.2. The van der Waals surface area contributed by atoms with Crippen molar-refractivity contribution in [3.05, 3.63) is 71.9 Å². The number of benzene rings is 2. The fourth-order valence-corrected chi connectivity index (χ4v) is 3.77. The highest BCUT2D eigenvalue weighted by molar-refractivity contribution is 5.97. The third kappa shape index (κ3) is 3.91. The normalized spacial score (nSPS) is 14.1. The molecule has 2 aromatic carbocycles. The zero-order chi connectivity index (χ0) is 20.2. The summed E-state index contributed by atoms with van der Waals surface area (Å²) < 4.78 is 13.1. The lowest BCUT2D eigenvalue weighted by Gasteiger charge is -2.26. The molecule has 1 aliphatic rings. The molecule has 29 heavy (non-hydrogen) atoms. The molecule has 0 unspecified atom stereocenters. The van der Waals surface area contributed by atoms with E-state index in [1.165, 1.54) is 0 Å². The Morgan fingerprint density at radius 2 is 1.72 bits per heavy atom. The minimum absolute atomic E-state index is 0.0627. The molecule has 5 nitrogen and oxygen atoms in total. The Kier molecular flexibility index (Phi) is 5.67. The number of amides is 1. The summed E-state index contributed by atoms with van der Waals surface area (Å²) in [7, 11) is 0. The number of ether oxygens (including phenoxy) is 2. The average Bonchev–Trinajstić information content (AvgIpc) is 3.12. The molecule has 1 aliphatic heterocycles. The highest BCUT2D eigenvalue weighted by Crippen LogP contribution is 2.31. The van der Waals surface area contributed by atoms with Crippen molar-refractivity contribution in [1.29, 1.82) is 0 Å². The van der Waals surface area contributed by atoms with E-state index in [-0.39, 0.29) is 5.91 Å². The topological polar surface area (TPSA) is 43.7 Å². The fraction of sp³-hybridized carbons (Fsp3) is 0.292. The summed E-state index contributed by atoms with van der Waals surface area (Å²) in [5.41, 5.74) is 4.75. The van der Waals surface area contributed by atoms with Crippen LogP contribution in [0.4, 0.5) is 0 Å². The molecule has 0 saturated carbocycles. The first-order valence-corrected chi connectivity index (χ1v) is 10.1. The second kappa shape index (κ2) is 8.53. The maximum atomic E-state index is 13.2. The van der Waals surface area contributed by atoms with Crippen LogP contribution in [0.3, 0.4) is 0 Å². The highest BCUT2D eigenvalue weighted by atomic mass is 16.5. The van der Waals surface area contributed by atoms with E-state index < -0.39 is 0 Å². The molecule has 1 aromatic heterocycles. The van der Waals surface area contributed by atoms with E-state index in [9.17, 15) is 4.79 Å². The van der Waals surface area contributed by atoms with Crippen LogP contribution in [0.1, 0.15) is 23.0 Å². The molecule has 3 aromatic rings. The first-order valence-electron chi connectivity index (χ1n) is 10.1. The molecule has 2 heterocycles. The Morgan fingerprint density at radius 3 is 2.38 bits per heavy atom. The Hall–Kier alpha value is -3.05. The molecule has 0 aliphatic carbocycles. The van der Waals surface area contributed by atoms with Crippen molar-refractivity contribution < 1.29 is 14.3 Å². The fourth-order valence-electron chi connectivity index (χ4n) is 3.77. The average molecular weight is 390 g/mol. The Balaban J connectivity index is 1.79. The summed E-state index contributed by atoms with van der Waals surface area (Å²) >= 11 is 0. The van der Waals surface area contributed by atoms with E-state index in [0.717, 1.165) is 34.0 Å². The predicted molar refractivity (Wildman–Crippen MR) is 114 cm³/mol. The number of rotatable bonds is 5. The maximum absolute atomic E-state index is 13.2. The lowest BCUT2D eigenvalue weighted by atomic mass is 10.1. The Bertz CT molecular complexity index is 971. The first kappa shape index (κ1) is 19.3. The van der Waals surface area contributed by atoms with Crippen LogP contribution >= 0.6 is 0 Å². The van der Waals surface area contributed by atoms with Crippen LogP contribution in [0.15, 0.2) is 60.7 Å². The molecule has 0 atom stereocenters. The zero-order valence-electron chi connectivity index (χ0n) is 16.9. The van der Waals surface area contributed by atoms with Crippen molar-refractivity contribution in [3.8, 4) is 22.7 Å². The van der Waals surface area contributed by atoms with Crippen LogP contribution in [-0.4, -0.2) is 48.3 Å². The summed E-state index contributed by atoms with van der Waals surface area (Å²) in [4.78, 5) is 15.1. The lowest BCUT2D eigenvalue weighted by molar-refractivity contribution is 0.0302. The van der Waals surface area contributed by atoms with Crippen molar-refractivity contribution in [2.75, 3.05) is 32.9 Å². The third-order valence-electron chi connectivity index (χ3n) is 5.25. The van der Waals surface area contributed by atoms with Gasteiger partial charge in [-0.25, -0.2) is 0 Å². The molecule has 1 fully saturated rings. The van der Waals surface area contributed by atoms with Gasteiger partial charge in [-0.2, -0.15) is 0 Å². The second-order valence-corrected chi connectivity index (χ2v) is 7.06. The smallest absolute Gasteiger partial charge is 0.255 e. The predicted octanol–water partition coefficient (Wildman–Crippen LogP) is 4.32. The van der Waals surface area contributed by atoms with Crippen LogP contribution < -0.4 is 4.74 Å². The minimum atomic E-state index is 0.0627. The molecule has 0 N–H and O–H groups in total. The molecule has 0 radical (unpaired) electrons. The molecule has 1 amide bonds. The highest BCUT2D eigenvalue weighted by Gasteiger charge is 2.24. The van der Waals surface area contributed by atoms with Crippen LogP contribution in [0.25, 0.3) is 16.9 Å². The van der Waals surface area contributed by atoms with Gasteiger partial charge in [0.2, 0.25) is 0 Å². The summed E-state index contributed by atoms with van der Waals surface area (Å²) in [5.74, 6) is 0.902. The molecule has 150 valence electrons. The van der Waals surface area contributed by atoms with Crippen molar-refractivity contribution in [1.82, 2.24) is 9.47 Å². The molecule has 1 saturated heterocycles. The third-order valence-corrected chi connectivity index (χ3v) is 5.25. The first-order chi connectivity index (χ1) is 14.2. The molecular formula is C24H26N2O3. The van der Waals surface area contributed by atoms with Crippen LogP contribution in [0.2, 0.25) is 0 Å². The van der Waals surface area contributed by atoms with Crippen molar-refractivity contribution in [2.45, 2.75) is 13.8 Å². The molecule has 0 bridgehead atoms. The number of carbonyl (C=O) groups excluding carboxylic acids is 1. The van der Waals surface area contributed by atoms with Gasteiger partial charge in [0.05, 0.1) is 31.1 Å². The quantitative estimate of drug-likeness (QED) is 0.652. The van der Waals surface area contributed by atoms with Gasteiger partial charge in [0.25, 0.3) is 5.91 Å². The number of nitrogens with zero attached hydrogens (tertiary/aromatic N) is 2. The van der Waals surface area contributed by atoms with Crippen molar-refractivity contribution >= 4 is 5.91 Å². The number of hydrogen-bond donors (Lipinski definition) is 0. The van der Waals surface area contributed by atoms with E-state index in [4.69, 9.17) is 9.47 Å². The van der Waals surface area contributed by atoms with Gasteiger partial charge in [-0.1, -0.05) is 30.3 Å². The summed E-state index contributed by atoms with van der Waals surface area (Å²) in [6.45, 7) is 7.07. The Labute approximate surface area is 171 Å². The number of aromatic nitrogens is 1. The van der Waals surface area contributed by atoms with E-state index in [1.54, 1.807) is 0 Å². The second-order valence-electron chi connectivity index (χ2n) is 7.06. The number of hydrogen-bond acceptors (Lipinski definition) is 3.